The Morgan fingerprint density at radius 3 is 2.05 bits per heavy atom. The van der Waals surface area contributed by atoms with Crippen LogP contribution in [0.5, 0.6) is 5.75 Å². The summed E-state index contributed by atoms with van der Waals surface area (Å²) in [5.41, 5.74) is -4.89. The molecule has 0 saturated heterocycles. The summed E-state index contributed by atoms with van der Waals surface area (Å²) in [4.78, 5) is 24.3. The summed E-state index contributed by atoms with van der Waals surface area (Å²) in [6, 6.07) is 11.1. The zero-order valence-corrected chi connectivity index (χ0v) is 26.0. The van der Waals surface area contributed by atoms with Crippen molar-refractivity contribution < 1.29 is 37.0 Å². The molecule has 0 radical (unpaired) electrons. The third kappa shape index (κ3) is 6.19. The average molecular weight is 691 g/mol. The van der Waals surface area contributed by atoms with Crippen LogP contribution in [-0.4, -0.2) is 43.2 Å². The molecule has 5 nitrogen and oxygen atoms in total. The highest BCUT2D eigenvalue weighted by atomic mass is 35.5. The maximum atomic E-state index is 14.0. The molecule has 4 fully saturated rings. The monoisotopic (exact) mass is 689 g/mol. The van der Waals surface area contributed by atoms with Gasteiger partial charge in [-0.1, -0.05) is 18.2 Å². The van der Waals surface area contributed by atoms with E-state index in [-0.39, 0.29) is 34.6 Å². The third-order valence-electron chi connectivity index (χ3n) is 8.76. The smallest absolute Gasteiger partial charge is 0.446 e. The summed E-state index contributed by atoms with van der Waals surface area (Å²) < 4.78 is 58.3. The molecule has 0 spiro atoms. The van der Waals surface area contributed by atoms with Crippen molar-refractivity contribution in [3.8, 4) is 5.75 Å². The van der Waals surface area contributed by atoms with Crippen molar-refractivity contribution in [1.29, 1.82) is 0 Å². The van der Waals surface area contributed by atoms with Crippen LogP contribution in [0, 0.1) is 11.2 Å². The van der Waals surface area contributed by atoms with E-state index in [0.29, 0.717) is 54.9 Å². The Hall–Kier alpha value is -2.40. The predicted octanol–water partition coefficient (Wildman–Crippen LogP) is 8.65. The van der Waals surface area contributed by atoms with Crippen LogP contribution in [0.25, 0.3) is 10.8 Å². The third-order valence-corrected chi connectivity index (χ3v) is 10.7. The molecule has 0 unspecified atom stereocenters. The van der Waals surface area contributed by atoms with Gasteiger partial charge in [0.25, 0.3) is 5.91 Å². The second kappa shape index (κ2) is 10.9. The van der Waals surface area contributed by atoms with Gasteiger partial charge >= 0.3 is 11.5 Å². The summed E-state index contributed by atoms with van der Waals surface area (Å²) in [5.74, 6) is -2.42. The molecule has 2 N–H and O–H groups in total. The van der Waals surface area contributed by atoms with Gasteiger partial charge in [0.1, 0.15) is 24.2 Å². The van der Waals surface area contributed by atoms with E-state index in [1.54, 1.807) is 0 Å². The SMILES string of the molecule is O=C(N[C@H](C(=O)O)C12CC3(Cl)CC(Cl)(CC(Cl)(C3)C1)C2)c1ccc2cc(F)ccc2c1OCc1ccc(SC(F)(F)F)cc1. The van der Waals surface area contributed by atoms with Gasteiger partial charge < -0.3 is 15.2 Å². The molecule has 3 aromatic carbocycles. The summed E-state index contributed by atoms with van der Waals surface area (Å²) >= 11 is 20.7. The summed E-state index contributed by atoms with van der Waals surface area (Å²) in [5, 5.41) is 13.9. The quantitative estimate of drug-likeness (QED) is 0.141. The maximum Gasteiger partial charge on any atom is 0.446 e. The molecule has 234 valence electrons. The van der Waals surface area contributed by atoms with Crippen molar-refractivity contribution in [2.75, 3.05) is 0 Å². The Labute approximate surface area is 269 Å². The molecule has 4 bridgehead atoms. The summed E-state index contributed by atoms with van der Waals surface area (Å²) in [6.07, 6.45) is 2.46. The number of carbonyl (C=O) groups is 2. The van der Waals surface area contributed by atoms with Crippen LogP contribution in [0.3, 0.4) is 0 Å². The highest BCUT2D eigenvalue weighted by Gasteiger charge is 2.70. The Morgan fingerprint density at radius 2 is 1.50 bits per heavy atom. The molecule has 0 aliphatic heterocycles. The largest absolute Gasteiger partial charge is 0.487 e. The molecular weight excluding hydrogens is 665 g/mol. The number of alkyl halides is 6. The number of benzene rings is 3. The molecule has 4 aliphatic carbocycles. The van der Waals surface area contributed by atoms with Gasteiger partial charge in [0.2, 0.25) is 0 Å². The van der Waals surface area contributed by atoms with Crippen LogP contribution in [0.2, 0.25) is 0 Å². The van der Waals surface area contributed by atoms with Crippen LogP contribution < -0.4 is 10.1 Å². The van der Waals surface area contributed by atoms with E-state index in [1.807, 2.05) is 0 Å². The number of aliphatic carboxylic acids is 1. The number of hydrogen-bond donors (Lipinski definition) is 2. The van der Waals surface area contributed by atoms with Crippen molar-refractivity contribution in [2.24, 2.45) is 5.41 Å². The van der Waals surface area contributed by atoms with Gasteiger partial charge in [-0.3, -0.25) is 4.79 Å². The van der Waals surface area contributed by atoms with Crippen molar-refractivity contribution in [1.82, 2.24) is 5.32 Å². The first kappa shape index (κ1) is 31.6. The lowest BCUT2D eigenvalue weighted by Gasteiger charge is -2.66. The van der Waals surface area contributed by atoms with Crippen LogP contribution in [0.15, 0.2) is 59.5 Å². The Morgan fingerprint density at radius 1 is 0.909 bits per heavy atom. The molecule has 13 heteroatoms. The van der Waals surface area contributed by atoms with Crippen LogP contribution in [0.4, 0.5) is 17.6 Å². The molecule has 7 rings (SSSR count). The van der Waals surface area contributed by atoms with Gasteiger partial charge in [-0.2, -0.15) is 13.2 Å². The number of halogens is 7. The van der Waals surface area contributed by atoms with Gasteiger partial charge in [0.15, 0.2) is 0 Å². The number of amides is 1. The summed E-state index contributed by atoms with van der Waals surface area (Å²) in [6.45, 7) is -0.127. The maximum absolute atomic E-state index is 14.0. The van der Waals surface area contributed by atoms with Crippen molar-refractivity contribution >= 4 is 69.2 Å². The van der Waals surface area contributed by atoms with Gasteiger partial charge in [-0.15, -0.1) is 34.8 Å². The number of nitrogens with one attached hydrogen (secondary N) is 1. The van der Waals surface area contributed by atoms with Gasteiger partial charge in [-0.25, -0.2) is 9.18 Å². The first-order valence-electron chi connectivity index (χ1n) is 13.8. The lowest BCUT2D eigenvalue weighted by atomic mass is 9.46. The first-order chi connectivity index (χ1) is 20.5. The van der Waals surface area contributed by atoms with E-state index in [9.17, 15) is 32.3 Å². The highest BCUT2D eigenvalue weighted by Crippen LogP contribution is 2.71. The predicted molar refractivity (Wildman–Crippen MR) is 161 cm³/mol. The number of carbonyl (C=O) groups excluding carboxylic acids is 1. The van der Waals surface area contributed by atoms with E-state index >= 15 is 0 Å². The lowest BCUT2D eigenvalue weighted by Crippen LogP contribution is -2.70. The molecule has 1 atom stereocenters. The Bertz CT molecular complexity index is 1600. The molecule has 44 heavy (non-hydrogen) atoms. The zero-order valence-electron chi connectivity index (χ0n) is 22.9. The minimum absolute atomic E-state index is 0.00233. The summed E-state index contributed by atoms with van der Waals surface area (Å²) in [7, 11) is 0. The second-order valence-corrected chi connectivity index (χ2v) is 16.0. The van der Waals surface area contributed by atoms with E-state index in [2.05, 4.69) is 5.32 Å². The molecule has 4 saturated carbocycles. The van der Waals surface area contributed by atoms with E-state index in [0.717, 1.165) is 0 Å². The number of rotatable bonds is 8. The van der Waals surface area contributed by atoms with Crippen molar-refractivity contribution in [3.63, 3.8) is 0 Å². The van der Waals surface area contributed by atoms with Gasteiger partial charge in [0, 0.05) is 30.3 Å². The first-order valence-corrected chi connectivity index (χ1v) is 15.7. The normalized spacial score (nSPS) is 29.9. The molecule has 0 aromatic heterocycles. The number of fused-ring (bicyclic) bond motifs is 1. The Kier molecular flexibility index (Phi) is 7.79. The average Bonchev–Trinajstić information content (AvgIpc) is 2.87. The molecule has 3 aromatic rings. The fraction of sp³-hybridized carbons (Fsp3) is 0.419. The fourth-order valence-electron chi connectivity index (χ4n) is 7.89. The number of ether oxygens (including phenoxy) is 1. The number of thioether (sulfide) groups is 1. The molecule has 4 aliphatic rings. The van der Waals surface area contributed by atoms with Crippen molar-refractivity contribution in [3.05, 3.63) is 71.5 Å². The fourth-order valence-corrected chi connectivity index (χ4v) is 11.0. The number of carboxylic acids is 1. The Balaban J connectivity index is 1.31. The topological polar surface area (TPSA) is 75.6 Å². The second-order valence-electron chi connectivity index (χ2n) is 12.4. The zero-order chi connectivity index (χ0) is 31.7. The molecule has 0 heterocycles. The minimum Gasteiger partial charge on any atom is -0.487 e. The molecule has 1 amide bonds. The minimum atomic E-state index is -4.43. The van der Waals surface area contributed by atoms with E-state index < -0.39 is 49.3 Å². The number of carboxylic acid groups (broad SMARTS) is 1. The number of hydrogen-bond acceptors (Lipinski definition) is 4. The standard InChI is InChI=1S/C31H26Cl3F4NO4S/c32-28-11-27(12-29(33,14-28)16-30(34,13-27)15-28)24(26(41)42)39-25(40)22-7-3-18-9-19(35)4-8-21(18)23(22)43-10-17-1-5-20(6-2-17)44-31(36,37)38/h1-9,24H,10-16H2,(H,39,40)(H,41,42)/t24-,27?,28?,29?,30?/m1/s1. The lowest BCUT2D eigenvalue weighted by molar-refractivity contribution is -0.148. The molecular formula is C31H26Cl3F4NO4S. The highest BCUT2D eigenvalue weighted by molar-refractivity contribution is 8.00. The van der Waals surface area contributed by atoms with E-state index in [1.165, 1.54) is 54.6 Å². The van der Waals surface area contributed by atoms with Crippen LogP contribution in [0.1, 0.15) is 54.4 Å². The van der Waals surface area contributed by atoms with E-state index in [4.69, 9.17) is 39.5 Å². The van der Waals surface area contributed by atoms with Crippen molar-refractivity contribution in [2.45, 2.75) is 76.2 Å². The van der Waals surface area contributed by atoms with Crippen LogP contribution >= 0.6 is 46.6 Å². The van der Waals surface area contributed by atoms with Gasteiger partial charge in [0.05, 0.1) is 5.56 Å². The van der Waals surface area contributed by atoms with Crippen LogP contribution in [-0.2, 0) is 11.4 Å². The van der Waals surface area contributed by atoms with Gasteiger partial charge in [-0.05, 0) is 97.6 Å².